The Morgan fingerprint density at radius 2 is 1.76 bits per heavy atom. The molecule has 4 nitrogen and oxygen atoms in total. The van der Waals surface area contributed by atoms with Crippen molar-refractivity contribution in [3.05, 3.63) is 65.2 Å². The van der Waals surface area contributed by atoms with E-state index < -0.39 is 17.6 Å². The van der Waals surface area contributed by atoms with Crippen LogP contribution in [0.1, 0.15) is 28.4 Å². The Kier molecular flexibility index (Phi) is 5.80. The third-order valence-electron chi connectivity index (χ3n) is 3.38. The van der Waals surface area contributed by atoms with Gasteiger partial charge in [0.25, 0.3) is 5.91 Å². The minimum absolute atomic E-state index is 0.0911. The predicted molar refractivity (Wildman–Crippen MR) is 85.2 cm³/mol. The second-order valence-corrected chi connectivity index (χ2v) is 5.34. The summed E-state index contributed by atoms with van der Waals surface area (Å²) in [7, 11) is 0. The fraction of sp³-hybridized carbons (Fsp3) is 0.222. The average molecular weight is 351 g/mol. The summed E-state index contributed by atoms with van der Waals surface area (Å²) in [5, 5.41) is 2.55. The van der Waals surface area contributed by atoms with Gasteiger partial charge < -0.3 is 10.1 Å². The molecule has 1 N–H and O–H groups in total. The van der Waals surface area contributed by atoms with E-state index >= 15 is 0 Å². The first-order chi connectivity index (χ1) is 11.8. The standard InChI is InChI=1S/C18H16F3NO3/c1-12(23)14-3-2-4-16(9-14)25-11-17(24)22-10-13-5-7-15(8-6-13)18(19,20)21/h2-9H,10-11H2,1H3,(H,22,24). The Morgan fingerprint density at radius 3 is 2.36 bits per heavy atom. The molecular formula is C18H16F3NO3. The van der Waals surface area contributed by atoms with E-state index in [1.165, 1.54) is 25.1 Å². The Balaban J connectivity index is 1.83. The SMILES string of the molecule is CC(=O)c1cccc(OCC(=O)NCc2ccc(C(F)(F)F)cc2)c1. The molecule has 0 atom stereocenters. The highest BCUT2D eigenvalue weighted by Gasteiger charge is 2.29. The van der Waals surface area contributed by atoms with Crippen molar-refractivity contribution in [1.82, 2.24) is 5.32 Å². The van der Waals surface area contributed by atoms with Crippen molar-refractivity contribution in [2.75, 3.05) is 6.61 Å². The van der Waals surface area contributed by atoms with E-state index in [-0.39, 0.29) is 18.9 Å². The van der Waals surface area contributed by atoms with Crippen LogP contribution >= 0.6 is 0 Å². The summed E-state index contributed by atoms with van der Waals surface area (Å²) < 4.78 is 42.7. The highest BCUT2D eigenvalue weighted by Crippen LogP contribution is 2.29. The van der Waals surface area contributed by atoms with Gasteiger partial charge in [0.15, 0.2) is 12.4 Å². The molecule has 2 aromatic carbocycles. The molecule has 0 heterocycles. The molecular weight excluding hydrogens is 335 g/mol. The van der Waals surface area contributed by atoms with Crippen LogP contribution in [0.5, 0.6) is 5.75 Å². The molecule has 7 heteroatoms. The van der Waals surface area contributed by atoms with Crippen LogP contribution in [0, 0.1) is 0 Å². The fourth-order valence-corrected chi connectivity index (χ4v) is 2.02. The Morgan fingerprint density at radius 1 is 1.08 bits per heavy atom. The summed E-state index contributed by atoms with van der Waals surface area (Å²) in [6.45, 7) is 1.26. The number of ketones is 1. The van der Waals surface area contributed by atoms with Gasteiger partial charge in [0, 0.05) is 12.1 Å². The second-order valence-electron chi connectivity index (χ2n) is 5.34. The van der Waals surface area contributed by atoms with Gasteiger partial charge in [0.05, 0.1) is 5.56 Å². The van der Waals surface area contributed by atoms with Gasteiger partial charge in [-0.2, -0.15) is 13.2 Å². The number of alkyl halides is 3. The third-order valence-corrected chi connectivity index (χ3v) is 3.38. The number of halogens is 3. The van der Waals surface area contributed by atoms with Crippen LogP contribution in [0.25, 0.3) is 0 Å². The molecule has 132 valence electrons. The van der Waals surface area contributed by atoms with E-state index in [2.05, 4.69) is 5.32 Å². The van der Waals surface area contributed by atoms with Crippen LogP contribution in [-0.4, -0.2) is 18.3 Å². The van der Waals surface area contributed by atoms with Gasteiger partial charge in [-0.3, -0.25) is 9.59 Å². The van der Waals surface area contributed by atoms with Crippen LogP contribution in [-0.2, 0) is 17.5 Å². The van der Waals surface area contributed by atoms with Gasteiger partial charge >= 0.3 is 6.18 Å². The number of hydrogen-bond acceptors (Lipinski definition) is 3. The number of Topliss-reactive ketones (excluding diaryl/α,β-unsaturated/α-hetero) is 1. The summed E-state index contributed by atoms with van der Waals surface area (Å²) in [5.41, 5.74) is 0.277. The lowest BCUT2D eigenvalue weighted by molar-refractivity contribution is -0.137. The molecule has 0 spiro atoms. The van der Waals surface area contributed by atoms with E-state index in [0.29, 0.717) is 16.9 Å². The lowest BCUT2D eigenvalue weighted by atomic mass is 10.1. The number of benzene rings is 2. The van der Waals surface area contributed by atoms with E-state index in [1.54, 1.807) is 18.2 Å². The largest absolute Gasteiger partial charge is 0.484 e. The zero-order valence-electron chi connectivity index (χ0n) is 13.4. The number of rotatable bonds is 6. The zero-order chi connectivity index (χ0) is 18.4. The lowest BCUT2D eigenvalue weighted by Gasteiger charge is -2.10. The van der Waals surface area contributed by atoms with Crippen LogP contribution in [0.3, 0.4) is 0 Å². The van der Waals surface area contributed by atoms with Crippen molar-refractivity contribution in [3.8, 4) is 5.75 Å². The summed E-state index contributed by atoms with van der Waals surface area (Å²) in [5.74, 6) is -0.150. The van der Waals surface area contributed by atoms with Crippen molar-refractivity contribution in [2.24, 2.45) is 0 Å². The van der Waals surface area contributed by atoms with Gasteiger partial charge in [-0.25, -0.2) is 0 Å². The maximum atomic E-state index is 12.5. The predicted octanol–water partition coefficient (Wildman–Crippen LogP) is 3.60. The van der Waals surface area contributed by atoms with Crippen molar-refractivity contribution >= 4 is 11.7 Å². The molecule has 0 radical (unpaired) electrons. The van der Waals surface area contributed by atoms with Crippen molar-refractivity contribution < 1.29 is 27.5 Å². The van der Waals surface area contributed by atoms with Gasteiger partial charge in [-0.15, -0.1) is 0 Å². The maximum absolute atomic E-state index is 12.5. The van der Waals surface area contributed by atoms with Crippen molar-refractivity contribution in [2.45, 2.75) is 19.6 Å². The van der Waals surface area contributed by atoms with Crippen molar-refractivity contribution in [1.29, 1.82) is 0 Å². The molecule has 0 aromatic heterocycles. The molecule has 0 fully saturated rings. The summed E-state index contributed by atoms with van der Waals surface area (Å²) in [6, 6.07) is 11.0. The average Bonchev–Trinajstić information content (AvgIpc) is 2.58. The van der Waals surface area contributed by atoms with Gasteiger partial charge in [0.1, 0.15) is 5.75 Å². The van der Waals surface area contributed by atoms with Gasteiger partial charge in [-0.1, -0.05) is 24.3 Å². The van der Waals surface area contributed by atoms with Gasteiger partial charge in [-0.05, 0) is 36.8 Å². The first-order valence-corrected chi connectivity index (χ1v) is 7.42. The van der Waals surface area contributed by atoms with E-state index in [1.807, 2.05) is 0 Å². The second kappa shape index (κ2) is 7.83. The number of carbonyl (C=O) groups excluding carboxylic acids is 2. The molecule has 0 aliphatic carbocycles. The van der Waals surface area contributed by atoms with Crippen LogP contribution in [0.2, 0.25) is 0 Å². The molecule has 0 saturated carbocycles. The first-order valence-electron chi connectivity index (χ1n) is 7.42. The van der Waals surface area contributed by atoms with E-state index in [4.69, 9.17) is 4.74 Å². The molecule has 1 amide bonds. The molecule has 0 saturated heterocycles. The van der Waals surface area contributed by atoms with E-state index in [0.717, 1.165) is 12.1 Å². The molecule has 2 rings (SSSR count). The summed E-state index contributed by atoms with van der Waals surface area (Å²) >= 11 is 0. The highest BCUT2D eigenvalue weighted by molar-refractivity contribution is 5.94. The van der Waals surface area contributed by atoms with Crippen LogP contribution < -0.4 is 10.1 Å². The monoisotopic (exact) mass is 351 g/mol. The summed E-state index contributed by atoms with van der Waals surface area (Å²) in [6.07, 6.45) is -4.38. The Labute approximate surface area is 142 Å². The minimum atomic E-state index is -4.38. The number of amides is 1. The molecule has 0 unspecified atom stereocenters. The molecule has 0 aliphatic heterocycles. The normalized spacial score (nSPS) is 11.0. The lowest BCUT2D eigenvalue weighted by Crippen LogP contribution is -2.28. The molecule has 2 aromatic rings. The highest BCUT2D eigenvalue weighted by atomic mass is 19.4. The Hall–Kier alpha value is -2.83. The number of nitrogens with one attached hydrogen (secondary N) is 1. The molecule has 0 bridgehead atoms. The van der Waals surface area contributed by atoms with Crippen LogP contribution in [0.15, 0.2) is 48.5 Å². The maximum Gasteiger partial charge on any atom is 0.416 e. The summed E-state index contributed by atoms with van der Waals surface area (Å²) in [4.78, 5) is 23.0. The third kappa shape index (κ3) is 5.63. The van der Waals surface area contributed by atoms with Crippen molar-refractivity contribution in [3.63, 3.8) is 0 Å². The van der Waals surface area contributed by atoms with Gasteiger partial charge in [0.2, 0.25) is 0 Å². The smallest absolute Gasteiger partial charge is 0.416 e. The molecule has 0 aliphatic rings. The topological polar surface area (TPSA) is 55.4 Å². The quantitative estimate of drug-likeness (QED) is 0.809. The fourth-order valence-electron chi connectivity index (χ4n) is 2.02. The zero-order valence-corrected chi connectivity index (χ0v) is 13.4. The first kappa shape index (κ1) is 18.5. The Bertz CT molecular complexity index is 755. The minimum Gasteiger partial charge on any atom is -0.484 e. The number of ether oxygens (including phenoxy) is 1. The molecule has 25 heavy (non-hydrogen) atoms. The van der Waals surface area contributed by atoms with E-state index in [9.17, 15) is 22.8 Å². The number of carbonyl (C=O) groups is 2. The number of hydrogen-bond donors (Lipinski definition) is 1. The van der Waals surface area contributed by atoms with Crippen LogP contribution in [0.4, 0.5) is 13.2 Å².